The Bertz CT molecular complexity index is 170. The third-order valence-corrected chi connectivity index (χ3v) is 1.48. The van der Waals surface area contributed by atoms with E-state index in [9.17, 15) is 4.21 Å². The van der Waals surface area contributed by atoms with E-state index in [0.717, 1.165) is 6.42 Å². The maximum absolute atomic E-state index is 10.5. The summed E-state index contributed by atoms with van der Waals surface area (Å²) in [6.07, 6.45) is 0.958. The standard InChI is InChI=1S/C4H9N3O2S/c1-2-3-5-4-6-9-10(8)7-4/h2-3H2,1H3,(H2,5,6,7). The Balaban J connectivity index is 2.36. The van der Waals surface area contributed by atoms with Crippen LogP contribution in [0.3, 0.4) is 0 Å². The minimum absolute atomic E-state index is 0.445. The molecule has 10 heavy (non-hydrogen) atoms. The van der Waals surface area contributed by atoms with Crippen LogP contribution >= 0.6 is 0 Å². The van der Waals surface area contributed by atoms with E-state index in [4.69, 9.17) is 0 Å². The SMILES string of the molecule is CCCN=C1NOS(=O)N1. The summed E-state index contributed by atoms with van der Waals surface area (Å²) in [5.41, 5.74) is 2.38. The van der Waals surface area contributed by atoms with Crippen molar-refractivity contribution in [2.24, 2.45) is 4.99 Å². The molecule has 0 radical (unpaired) electrons. The Kier molecular flexibility index (Phi) is 2.64. The van der Waals surface area contributed by atoms with Gasteiger partial charge in [-0.15, -0.1) is 0 Å². The molecule has 1 fully saturated rings. The van der Waals surface area contributed by atoms with E-state index in [1.54, 1.807) is 0 Å². The molecule has 0 aromatic rings. The minimum Gasteiger partial charge on any atom is -0.251 e. The van der Waals surface area contributed by atoms with Crippen LogP contribution < -0.4 is 10.2 Å². The monoisotopic (exact) mass is 163 g/mol. The predicted molar refractivity (Wildman–Crippen MR) is 38.1 cm³/mol. The zero-order chi connectivity index (χ0) is 7.40. The highest BCUT2D eigenvalue weighted by Crippen LogP contribution is 1.87. The van der Waals surface area contributed by atoms with Crippen LogP contribution in [0.1, 0.15) is 13.3 Å². The fraction of sp³-hybridized carbons (Fsp3) is 0.750. The summed E-state index contributed by atoms with van der Waals surface area (Å²) in [4.78, 5) is 3.97. The molecule has 1 rings (SSSR count). The summed E-state index contributed by atoms with van der Waals surface area (Å²) in [5.74, 6) is 0.445. The molecule has 0 bridgehead atoms. The predicted octanol–water partition coefficient (Wildman–Crippen LogP) is -0.544. The van der Waals surface area contributed by atoms with Gasteiger partial charge >= 0.3 is 0 Å². The van der Waals surface area contributed by atoms with Crippen molar-refractivity contribution in [2.45, 2.75) is 13.3 Å². The van der Waals surface area contributed by atoms with Crippen molar-refractivity contribution >= 4 is 17.2 Å². The van der Waals surface area contributed by atoms with Gasteiger partial charge < -0.3 is 0 Å². The van der Waals surface area contributed by atoms with Gasteiger partial charge in [0.25, 0.3) is 11.3 Å². The van der Waals surface area contributed by atoms with Gasteiger partial charge in [-0.2, -0.15) is 4.28 Å². The Hall–Kier alpha value is -0.620. The highest BCUT2D eigenvalue weighted by molar-refractivity contribution is 7.79. The van der Waals surface area contributed by atoms with Gasteiger partial charge in [0.2, 0.25) is 5.96 Å². The lowest BCUT2D eigenvalue weighted by Crippen LogP contribution is -2.23. The largest absolute Gasteiger partial charge is 0.287 e. The first-order valence-corrected chi connectivity index (χ1v) is 4.06. The zero-order valence-electron chi connectivity index (χ0n) is 5.59. The van der Waals surface area contributed by atoms with Gasteiger partial charge in [0.15, 0.2) is 0 Å². The van der Waals surface area contributed by atoms with Crippen LogP contribution in [0.5, 0.6) is 0 Å². The first kappa shape index (κ1) is 7.49. The van der Waals surface area contributed by atoms with Gasteiger partial charge in [-0.05, 0) is 6.42 Å². The molecular weight excluding hydrogens is 154 g/mol. The molecule has 0 saturated carbocycles. The average Bonchev–Trinajstić information content (AvgIpc) is 2.31. The Morgan fingerprint density at radius 2 is 2.60 bits per heavy atom. The number of rotatable bonds is 2. The summed E-state index contributed by atoms with van der Waals surface area (Å²) in [6, 6.07) is 0. The lowest BCUT2D eigenvalue weighted by Gasteiger charge is -1.90. The van der Waals surface area contributed by atoms with Crippen LogP contribution in [0, 0.1) is 0 Å². The normalized spacial score (nSPS) is 28.1. The van der Waals surface area contributed by atoms with Crippen LogP contribution in [0.4, 0.5) is 0 Å². The number of hydrogen-bond acceptors (Lipinski definition) is 3. The maximum Gasteiger partial charge on any atom is 0.287 e. The molecule has 1 atom stereocenters. The van der Waals surface area contributed by atoms with Crippen LogP contribution in [0.25, 0.3) is 0 Å². The molecule has 1 saturated heterocycles. The second kappa shape index (κ2) is 3.52. The lowest BCUT2D eigenvalue weighted by atomic mass is 10.5. The molecule has 6 heteroatoms. The van der Waals surface area contributed by atoms with Gasteiger partial charge in [0.05, 0.1) is 0 Å². The van der Waals surface area contributed by atoms with Crippen molar-refractivity contribution in [3.05, 3.63) is 0 Å². The van der Waals surface area contributed by atoms with Gasteiger partial charge in [0, 0.05) is 6.54 Å². The number of guanidine groups is 1. The van der Waals surface area contributed by atoms with Crippen molar-refractivity contribution in [2.75, 3.05) is 6.54 Å². The Morgan fingerprint density at radius 3 is 3.10 bits per heavy atom. The van der Waals surface area contributed by atoms with Crippen LogP contribution in [-0.2, 0) is 15.6 Å². The molecule has 0 amide bonds. The van der Waals surface area contributed by atoms with Crippen LogP contribution in [0.15, 0.2) is 4.99 Å². The molecule has 0 spiro atoms. The third kappa shape index (κ3) is 1.96. The number of hydroxylamine groups is 1. The molecule has 5 nitrogen and oxygen atoms in total. The van der Waals surface area contributed by atoms with Crippen molar-refractivity contribution in [1.82, 2.24) is 10.2 Å². The molecule has 0 aromatic heterocycles. The Morgan fingerprint density at radius 1 is 1.80 bits per heavy atom. The molecule has 0 aliphatic carbocycles. The highest BCUT2D eigenvalue weighted by atomic mass is 32.2. The van der Waals surface area contributed by atoms with Crippen molar-refractivity contribution in [3.8, 4) is 0 Å². The van der Waals surface area contributed by atoms with E-state index in [1.165, 1.54) is 0 Å². The van der Waals surface area contributed by atoms with Gasteiger partial charge in [-0.3, -0.25) is 4.99 Å². The smallest absolute Gasteiger partial charge is 0.251 e. The summed E-state index contributed by atoms with van der Waals surface area (Å²) in [7, 11) is 0. The summed E-state index contributed by atoms with van der Waals surface area (Å²) < 4.78 is 17.4. The molecule has 1 unspecified atom stereocenters. The Labute approximate surface area is 61.6 Å². The van der Waals surface area contributed by atoms with E-state index < -0.39 is 11.3 Å². The van der Waals surface area contributed by atoms with E-state index in [0.29, 0.717) is 12.5 Å². The van der Waals surface area contributed by atoms with E-state index >= 15 is 0 Å². The van der Waals surface area contributed by atoms with Crippen molar-refractivity contribution in [1.29, 1.82) is 0 Å². The van der Waals surface area contributed by atoms with Gasteiger partial charge in [0.1, 0.15) is 0 Å². The zero-order valence-corrected chi connectivity index (χ0v) is 6.40. The van der Waals surface area contributed by atoms with Gasteiger partial charge in [-0.25, -0.2) is 14.4 Å². The number of nitrogens with one attached hydrogen (secondary N) is 2. The first-order valence-electron chi connectivity index (χ1n) is 2.99. The number of nitrogens with zero attached hydrogens (tertiary/aromatic N) is 1. The van der Waals surface area contributed by atoms with E-state index in [1.807, 2.05) is 6.92 Å². The molecule has 2 N–H and O–H groups in total. The third-order valence-electron chi connectivity index (χ3n) is 0.888. The average molecular weight is 163 g/mol. The minimum atomic E-state index is -1.45. The second-order valence-electron chi connectivity index (χ2n) is 1.75. The van der Waals surface area contributed by atoms with E-state index in [2.05, 4.69) is 19.5 Å². The highest BCUT2D eigenvalue weighted by Gasteiger charge is 2.13. The van der Waals surface area contributed by atoms with Crippen molar-refractivity contribution in [3.63, 3.8) is 0 Å². The quantitative estimate of drug-likeness (QED) is 0.574. The number of aliphatic imine (C=N–C) groups is 1. The molecular formula is C4H9N3O2S. The fourth-order valence-corrected chi connectivity index (χ4v) is 0.946. The summed E-state index contributed by atoms with van der Waals surface area (Å²) in [6.45, 7) is 2.72. The van der Waals surface area contributed by atoms with Crippen LogP contribution in [0.2, 0.25) is 0 Å². The molecule has 1 aliphatic rings. The van der Waals surface area contributed by atoms with E-state index in [-0.39, 0.29) is 0 Å². The molecule has 0 aromatic carbocycles. The first-order chi connectivity index (χ1) is 4.83. The van der Waals surface area contributed by atoms with Crippen molar-refractivity contribution < 1.29 is 8.49 Å². The van der Waals surface area contributed by atoms with Gasteiger partial charge in [-0.1, -0.05) is 6.92 Å². The molecule has 1 heterocycles. The summed E-state index contributed by atoms with van der Waals surface area (Å²) in [5, 5.41) is 0. The molecule has 1 aliphatic heterocycles. The second-order valence-corrected chi connectivity index (χ2v) is 2.59. The lowest BCUT2D eigenvalue weighted by molar-refractivity contribution is 0.308. The maximum atomic E-state index is 10.5. The fourth-order valence-electron chi connectivity index (χ4n) is 0.486. The number of hydrogen-bond donors (Lipinski definition) is 2. The topological polar surface area (TPSA) is 62.7 Å². The van der Waals surface area contributed by atoms with Crippen LogP contribution in [-0.4, -0.2) is 16.7 Å². The summed E-state index contributed by atoms with van der Waals surface area (Å²) >= 11 is -1.45. The molecule has 58 valence electrons.